The van der Waals surface area contributed by atoms with Gasteiger partial charge in [-0.25, -0.2) is 0 Å². The van der Waals surface area contributed by atoms with Crippen LogP contribution >= 0.6 is 0 Å². The SMILES string of the molecule is [H+].[S-][S-].[Ta].[Ta]. The third kappa shape index (κ3) is 8.89. The Hall–Kier alpha value is 2.18. The zero-order chi connectivity index (χ0) is 2.00. The first-order valence-electron chi connectivity index (χ1n) is 0.167. The van der Waals surface area contributed by atoms with Gasteiger partial charge in [0.1, 0.15) is 0 Å². The summed E-state index contributed by atoms with van der Waals surface area (Å²) in [7, 11) is 0. The molecule has 0 spiro atoms. The van der Waals surface area contributed by atoms with Gasteiger partial charge in [-0.15, -0.1) is 0 Å². The van der Waals surface area contributed by atoms with Crippen LogP contribution in [0.1, 0.15) is 1.43 Å². The van der Waals surface area contributed by atoms with Gasteiger partial charge in [0, 0.05) is 44.8 Å². The Balaban J connectivity index is -0.00000000167. The Morgan fingerprint density at radius 3 is 1.00 bits per heavy atom. The molecule has 0 fully saturated rings. The molecule has 0 bridgehead atoms. The fourth-order valence-corrected chi connectivity index (χ4v) is 0. The van der Waals surface area contributed by atoms with Crippen LogP contribution in [0, 0.1) is 0 Å². The van der Waals surface area contributed by atoms with Crippen LogP contribution in [0.4, 0.5) is 0 Å². The van der Waals surface area contributed by atoms with Crippen molar-refractivity contribution in [2.24, 2.45) is 0 Å². The second-order valence-electron chi connectivity index (χ2n) is 0. The fourth-order valence-electron chi connectivity index (χ4n) is 0. The summed E-state index contributed by atoms with van der Waals surface area (Å²) in [4.78, 5) is 0. The van der Waals surface area contributed by atoms with Gasteiger partial charge in [0.15, 0.2) is 0 Å². The van der Waals surface area contributed by atoms with E-state index in [2.05, 4.69) is 23.3 Å². The van der Waals surface area contributed by atoms with E-state index < -0.39 is 0 Å². The van der Waals surface area contributed by atoms with E-state index >= 15 is 0 Å². The van der Waals surface area contributed by atoms with E-state index in [9.17, 15) is 0 Å². The molecule has 0 aliphatic rings. The first kappa shape index (κ1) is 16.4. The Morgan fingerprint density at radius 1 is 1.00 bits per heavy atom. The van der Waals surface area contributed by atoms with Gasteiger partial charge >= 0.3 is 1.43 Å². The molecule has 24 valence electrons. The van der Waals surface area contributed by atoms with E-state index in [1.54, 1.807) is 0 Å². The fraction of sp³-hybridized carbons (Fsp3) is 0. The van der Waals surface area contributed by atoms with E-state index in [0.29, 0.717) is 0 Å². The largest absolute Gasteiger partial charge is 1.00 e. The van der Waals surface area contributed by atoms with Crippen molar-refractivity contribution in [3.63, 3.8) is 0 Å². The molecule has 0 N–H and O–H groups in total. The van der Waals surface area contributed by atoms with Gasteiger partial charge < -0.3 is 23.3 Å². The molecule has 0 aromatic carbocycles. The summed E-state index contributed by atoms with van der Waals surface area (Å²) in [5.41, 5.74) is 0. The molecule has 0 saturated carbocycles. The normalized spacial score (nSPS) is 1.50. The molecule has 0 heterocycles. The van der Waals surface area contributed by atoms with Crippen molar-refractivity contribution in [2.75, 3.05) is 0 Å². The summed E-state index contributed by atoms with van der Waals surface area (Å²) in [6.07, 6.45) is 0. The predicted molar refractivity (Wildman–Crippen MR) is 15.8 cm³/mol. The summed E-state index contributed by atoms with van der Waals surface area (Å²) < 4.78 is 0. The summed E-state index contributed by atoms with van der Waals surface area (Å²) in [5.74, 6) is 0. The van der Waals surface area contributed by atoms with E-state index in [1.807, 2.05) is 0 Å². The molecule has 0 aliphatic carbocycles. The molecule has 0 nitrogen and oxygen atoms in total. The zero-order valence-corrected chi connectivity index (χ0v) is 9.77. The minimum Gasteiger partial charge on any atom is -1.00 e. The van der Waals surface area contributed by atoms with Crippen LogP contribution < -0.4 is 0 Å². The maximum Gasteiger partial charge on any atom is 1.00 e. The van der Waals surface area contributed by atoms with Crippen molar-refractivity contribution in [1.29, 1.82) is 0 Å². The monoisotopic (exact) mass is 427 g/mol. The van der Waals surface area contributed by atoms with Gasteiger partial charge in [-0.2, -0.15) is 0 Å². The average Bonchev–Trinajstić information content (AvgIpc) is 1.00. The van der Waals surface area contributed by atoms with Gasteiger partial charge in [0.05, 0.1) is 0 Å². The van der Waals surface area contributed by atoms with Crippen molar-refractivity contribution in [3.8, 4) is 0 Å². The van der Waals surface area contributed by atoms with Gasteiger partial charge in [-0.3, -0.25) is 0 Å². The Labute approximate surface area is 68.8 Å². The average molecular weight is 427 g/mol. The first-order chi connectivity index (χ1) is 1.00. The van der Waals surface area contributed by atoms with Gasteiger partial charge in [-0.05, 0) is 0 Å². The zero-order valence-electron chi connectivity index (χ0n) is 2.71. The molecular weight excluding hydrogens is 426 g/mol. The van der Waals surface area contributed by atoms with Gasteiger partial charge in [0.25, 0.3) is 0 Å². The van der Waals surface area contributed by atoms with Gasteiger partial charge in [-0.1, -0.05) is 0 Å². The van der Waals surface area contributed by atoms with Crippen molar-refractivity contribution < 1.29 is 46.2 Å². The van der Waals surface area contributed by atoms with E-state index in [-0.39, 0.29) is 46.2 Å². The van der Waals surface area contributed by atoms with E-state index in [0.717, 1.165) is 0 Å². The molecule has 0 rings (SSSR count). The molecule has 2 radical (unpaired) electrons. The smallest absolute Gasteiger partial charge is 1.00 e. The van der Waals surface area contributed by atoms with Crippen molar-refractivity contribution in [3.05, 3.63) is 0 Å². The predicted octanol–water partition coefficient (Wildman–Crippen LogP) is 0.103. The van der Waals surface area contributed by atoms with Crippen LogP contribution in [0.3, 0.4) is 0 Å². The second kappa shape index (κ2) is 19.0. The number of hydrogen-bond donors (Lipinski definition) is 0. The Kier molecular flexibility index (Phi) is 78.1. The third-order valence-electron chi connectivity index (χ3n) is 0. The molecule has 0 amide bonds. The molecule has 4 heteroatoms. The van der Waals surface area contributed by atoms with Crippen LogP contribution in [0.25, 0.3) is 0 Å². The summed E-state index contributed by atoms with van der Waals surface area (Å²) >= 11 is 7.33. The molecule has 0 aliphatic heterocycles. The molecule has 0 saturated heterocycles. The summed E-state index contributed by atoms with van der Waals surface area (Å²) in [6.45, 7) is 0. The topological polar surface area (TPSA) is 0 Å². The molecule has 0 atom stereocenters. The maximum absolute atomic E-state index is 3.67. The van der Waals surface area contributed by atoms with E-state index in [4.69, 9.17) is 0 Å². The van der Waals surface area contributed by atoms with Crippen LogP contribution in [-0.4, -0.2) is 0 Å². The molecule has 4 heavy (non-hydrogen) atoms. The summed E-state index contributed by atoms with van der Waals surface area (Å²) in [5, 5.41) is 0. The van der Waals surface area contributed by atoms with Crippen LogP contribution in [-0.2, 0) is 68.1 Å². The van der Waals surface area contributed by atoms with Crippen LogP contribution in [0.2, 0.25) is 0 Å². The minimum absolute atomic E-state index is 0. The standard InChI is InChI=1S/S2.2Ta/c1-2;;/q-2;;/p+1. The van der Waals surface area contributed by atoms with Crippen LogP contribution in [0.5, 0.6) is 0 Å². The molecule has 0 unspecified atom stereocenters. The van der Waals surface area contributed by atoms with Crippen molar-refractivity contribution in [1.82, 2.24) is 0 Å². The van der Waals surface area contributed by atoms with Crippen LogP contribution in [0.15, 0.2) is 0 Å². The second-order valence-corrected chi connectivity index (χ2v) is 0. The molecule has 0 aromatic rings. The Morgan fingerprint density at radius 2 is 1.00 bits per heavy atom. The van der Waals surface area contributed by atoms with Gasteiger partial charge in [0.2, 0.25) is 0 Å². The first-order valence-corrected chi connectivity index (χ1v) is 1.50. The molecular formula is HS2Ta2-. The quantitative estimate of drug-likeness (QED) is 0.398. The third-order valence-corrected chi connectivity index (χ3v) is 0. The number of rotatable bonds is 0. The maximum atomic E-state index is 3.67. The van der Waals surface area contributed by atoms with Crippen molar-refractivity contribution >= 4 is 23.3 Å². The van der Waals surface area contributed by atoms with Crippen molar-refractivity contribution in [2.45, 2.75) is 0 Å². The Bertz CT molecular complexity index is 7.61. The van der Waals surface area contributed by atoms with E-state index in [1.165, 1.54) is 0 Å². The minimum atomic E-state index is 0. The number of hydrogen-bond acceptors (Lipinski definition) is 2. The summed E-state index contributed by atoms with van der Waals surface area (Å²) in [6, 6.07) is 0. The molecule has 0 aromatic heterocycles.